The monoisotopic (exact) mass is 343 g/mol. The lowest BCUT2D eigenvalue weighted by Crippen LogP contribution is -2.33. The van der Waals surface area contributed by atoms with Gasteiger partial charge in [0.15, 0.2) is 0 Å². The summed E-state index contributed by atoms with van der Waals surface area (Å²) in [7, 11) is 2.90. The van der Waals surface area contributed by atoms with Crippen LogP contribution in [0.2, 0.25) is 0 Å². The molecule has 0 aliphatic carbocycles. The number of rotatable bonds is 6. The van der Waals surface area contributed by atoms with E-state index in [0.29, 0.717) is 24.4 Å². The zero-order valence-electron chi connectivity index (χ0n) is 11.8. The lowest BCUT2D eigenvalue weighted by Gasteiger charge is -2.20. The fraction of sp³-hybridized carbons (Fsp3) is 0.429. The van der Waals surface area contributed by atoms with Gasteiger partial charge in [0.25, 0.3) is 5.91 Å². The van der Waals surface area contributed by atoms with Crippen molar-refractivity contribution in [2.45, 2.75) is 13.3 Å². The van der Waals surface area contributed by atoms with Gasteiger partial charge in [0.2, 0.25) is 0 Å². The second kappa shape index (κ2) is 7.89. The zero-order chi connectivity index (χ0) is 15.1. The van der Waals surface area contributed by atoms with Crippen LogP contribution >= 0.6 is 15.9 Å². The van der Waals surface area contributed by atoms with Crippen molar-refractivity contribution in [1.82, 2.24) is 4.90 Å². The topological polar surface area (TPSA) is 55.8 Å². The molecule has 0 saturated carbocycles. The van der Waals surface area contributed by atoms with Crippen LogP contribution in [0.15, 0.2) is 22.7 Å². The van der Waals surface area contributed by atoms with E-state index in [1.54, 1.807) is 30.2 Å². The molecule has 1 aromatic rings. The molecule has 0 radical (unpaired) electrons. The number of ether oxygens (including phenoxy) is 2. The van der Waals surface area contributed by atoms with E-state index in [2.05, 4.69) is 20.7 Å². The Morgan fingerprint density at radius 3 is 2.50 bits per heavy atom. The van der Waals surface area contributed by atoms with E-state index < -0.39 is 0 Å². The van der Waals surface area contributed by atoms with Gasteiger partial charge in [-0.1, -0.05) is 0 Å². The lowest BCUT2D eigenvalue weighted by atomic mass is 10.2. The van der Waals surface area contributed by atoms with Crippen LogP contribution in [0.4, 0.5) is 0 Å². The van der Waals surface area contributed by atoms with Gasteiger partial charge >= 0.3 is 5.97 Å². The number of methoxy groups -OCH3 is 2. The van der Waals surface area contributed by atoms with Crippen LogP contribution < -0.4 is 4.74 Å². The molecule has 0 bridgehead atoms. The standard InChI is InChI=1S/C14H18BrNO4/c1-4-16(8-7-13(17)20-3)14(18)10-5-6-12(19-2)11(15)9-10/h5-6,9H,4,7-8H2,1-3H3. The van der Waals surface area contributed by atoms with Crippen molar-refractivity contribution in [3.05, 3.63) is 28.2 Å². The third-order valence-electron chi connectivity index (χ3n) is 2.88. The molecule has 6 heteroatoms. The summed E-state index contributed by atoms with van der Waals surface area (Å²) < 4.78 is 10.4. The third-order valence-corrected chi connectivity index (χ3v) is 3.50. The lowest BCUT2D eigenvalue weighted by molar-refractivity contribution is -0.140. The SMILES string of the molecule is CCN(CCC(=O)OC)C(=O)c1ccc(OC)c(Br)c1. The van der Waals surface area contributed by atoms with Crippen molar-refractivity contribution in [3.8, 4) is 5.75 Å². The molecule has 0 aliphatic rings. The Labute approximate surface area is 127 Å². The van der Waals surface area contributed by atoms with Crippen LogP contribution in [-0.2, 0) is 9.53 Å². The molecule has 20 heavy (non-hydrogen) atoms. The number of hydrogen-bond acceptors (Lipinski definition) is 4. The molecule has 1 rings (SSSR count). The van der Waals surface area contributed by atoms with Gasteiger partial charge in [-0.15, -0.1) is 0 Å². The van der Waals surface area contributed by atoms with Gasteiger partial charge in [0, 0.05) is 18.7 Å². The van der Waals surface area contributed by atoms with Gasteiger partial charge in [-0.3, -0.25) is 9.59 Å². The molecule has 0 atom stereocenters. The molecule has 0 aromatic heterocycles. The molecular formula is C14H18BrNO4. The smallest absolute Gasteiger partial charge is 0.307 e. The van der Waals surface area contributed by atoms with E-state index in [1.807, 2.05) is 6.92 Å². The van der Waals surface area contributed by atoms with Crippen molar-refractivity contribution in [2.24, 2.45) is 0 Å². The average molecular weight is 344 g/mol. The van der Waals surface area contributed by atoms with Gasteiger partial charge < -0.3 is 14.4 Å². The zero-order valence-corrected chi connectivity index (χ0v) is 13.4. The maximum atomic E-state index is 12.3. The molecule has 1 amide bonds. The predicted molar refractivity (Wildman–Crippen MR) is 78.9 cm³/mol. The minimum Gasteiger partial charge on any atom is -0.496 e. The van der Waals surface area contributed by atoms with Gasteiger partial charge in [-0.05, 0) is 41.1 Å². The first-order valence-corrected chi connectivity index (χ1v) is 7.02. The second-order valence-electron chi connectivity index (χ2n) is 4.06. The van der Waals surface area contributed by atoms with Gasteiger partial charge in [-0.2, -0.15) is 0 Å². The fourth-order valence-corrected chi connectivity index (χ4v) is 2.25. The number of carbonyl (C=O) groups excluding carboxylic acids is 2. The molecule has 0 N–H and O–H groups in total. The second-order valence-corrected chi connectivity index (χ2v) is 4.91. The Balaban J connectivity index is 2.80. The van der Waals surface area contributed by atoms with Crippen LogP contribution in [-0.4, -0.2) is 44.1 Å². The highest BCUT2D eigenvalue weighted by Crippen LogP contribution is 2.26. The van der Waals surface area contributed by atoms with E-state index in [0.717, 1.165) is 4.47 Å². The number of esters is 1. The van der Waals surface area contributed by atoms with Crippen LogP contribution in [0.5, 0.6) is 5.75 Å². The fourth-order valence-electron chi connectivity index (χ4n) is 1.71. The summed E-state index contributed by atoms with van der Waals surface area (Å²) in [6, 6.07) is 5.14. The minimum atomic E-state index is -0.327. The molecule has 0 fully saturated rings. The highest BCUT2D eigenvalue weighted by atomic mass is 79.9. The van der Waals surface area contributed by atoms with Crippen molar-refractivity contribution in [2.75, 3.05) is 27.3 Å². The van der Waals surface area contributed by atoms with Gasteiger partial charge in [0.1, 0.15) is 5.75 Å². The van der Waals surface area contributed by atoms with Crippen molar-refractivity contribution < 1.29 is 19.1 Å². The first kappa shape index (κ1) is 16.5. The van der Waals surface area contributed by atoms with Crippen molar-refractivity contribution in [3.63, 3.8) is 0 Å². The first-order valence-electron chi connectivity index (χ1n) is 6.23. The average Bonchev–Trinajstić information content (AvgIpc) is 2.47. The summed E-state index contributed by atoms with van der Waals surface area (Å²) in [6.45, 7) is 2.73. The van der Waals surface area contributed by atoms with Gasteiger partial charge in [0.05, 0.1) is 25.1 Å². The molecule has 5 nitrogen and oxygen atoms in total. The minimum absolute atomic E-state index is 0.125. The van der Waals surface area contributed by atoms with Crippen molar-refractivity contribution in [1.29, 1.82) is 0 Å². The Kier molecular flexibility index (Phi) is 6.51. The van der Waals surface area contributed by atoms with Crippen LogP contribution in [0.1, 0.15) is 23.7 Å². The van der Waals surface area contributed by atoms with Crippen molar-refractivity contribution >= 4 is 27.8 Å². The summed E-state index contributed by atoms with van der Waals surface area (Å²) in [4.78, 5) is 25.1. The Hall–Kier alpha value is -1.56. The molecule has 0 aliphatic heterocycles. The summed E-state index contributed by atoms with van der Waals surface area (Å²) in [5.74, 6) is 0.214. The number of amides is 1. The maximum absolute atomic E-state index is 12.3. The highest BCUT2D eigenvalue weighted by Gasteiger charge is 2.16. The summed E-state index contributed by atoms with van der Waals surface area (Å²) in [6.07, 6.45) is 0.188. The quantitative estimate of drug-likeness (QED) is 0.744. The molecule has 0 heterocycles. The molecular weight excluding hydrogens is 326 g/mol. The largest absolute Gasteiger partial charge is 0.496 e. The van der Waals surface area contributed by atoms with Crippen LogP contribution in [0, 0.1) is 0 Å². The molecule has 1 aromatic carbocycles. The Bertz CT molecular complexity index is 490. The summed E-state index contributed by atoms with van der Waals surface area (Å²) >= 11 is 3.35. The molecule has 0 saturated heterocycles. The highest BCUT2D eigenvalue weighted by molar-refractivity contribution is 9.10. The van der Waals surface area contributed by atoms with E-state index in [9.17, 15) is 9.59 Å². The third kappa shape index (κ3) is 4.23. The van der Waals surface area contributed by atoms with E-state index in [1.165, 1.54) is 7.11 Å². The number of benzene rings is 1. The first-order chi connectivity index (χ1) is 9.53. The summed E-state index contributed by atoms with van der Waals surface area (Å²) in [5, 5.41) is 0. The molecule has 110 valence electrons. The number of halogens is 1. The summed E-state index contributed by atoms with van der Waals surface area (Å²) in [5.41, 5.74) is 0.546. The van der Waals surface area contributed by atoms with E-state index in [-0.39, 0.29) is 18.3 Å². The number of carbonyl (C=O) groups is 2. The Morgan fingerprint density at radius 1 is 1.30 bits per heavy atom. The normalized spacial score (nSPS) is 10.0. The van der Waals surface area contributed by atoms with Crippen LogP contribution in [0.25, 0.3) is 0 Å². The molecule has 0 unspecified atom stereocenters. The molecule has 0 spiro atoms. The number of hydrogen-bond donors (Lipinski definition) is 0. The van der Waals surface area contributed by atoms with Crippen LogP contribution in [0.3, 0.4) is 0 Å². The van der Waals surface area contributed by atoms with E-state index >= 15 is 0 Å². The Morgan fingerprint density at radius 2 is 2.00 bits per heavy atom. The van der Waals surface area contributed by atoms with E-state index in [4.69, 9.17) is 4.74 Å². The maximum Gasteiger partial charge on any atom is 0.307 e. The predicted octanol–water partition coefficient (Wildman–Crippen LogP) is 2.48. The van der Waals surface area contributed by atoms with Gasteiger partial charge in [-0.25, -0.2) is 0 Å². The number of nitrogens with zero attached hydrogens (tertiary/aromatic N) is 1.